The Balaban J connectivity index is 1.61. The summed E-state index contributed by atoms with van der Waals surface area (Å²) in [6, 6.07) is 6.35. The van der Waals surface area contributed by atoms with Crippen LogP contribution in [0, 0.1) is 18.6 Å². The maximum atomic E-state index is 14.4. The molecule has 0 saturated carbocycles. The molecule has 3 rings (SSSR count). The van der Waals surface area contributed by atoms with Crippen LogP contribution in [0.4, 0.5) is 14.5 Å². The van der Waals surface area contributed by atoms with Crippen molar-refractivity contribution in [3.63, 3.8) is 0 Å². The molecule has 1 unspecified atom stereocenters. The molecule has 3 N–H and O–H groups in total. The minimum Gasteiger partial charge on any atom is -0.494 e. The third kappa shape index (κ3) is 5.82. The lowest BCUT2D eigenvalue weighted by molar-refractivity contribution is -0.139. The molecule has 1 atom stereocenters. The molecule has 1 heterocycles. The van der Waals surface area contributed by atoms with Crippen LogP contribution in [0.1, 0.15) is 11.1 Å². The molecule has 33 heavy (non-hydrogen) atoms. The highest BCUT2D eigenvalue weighted by molar-refractivity contribution is 5.77. The van der Waals surface area contributed by atoms with Gasteiger partial charge in [-0.25, -0.2) is 18.6 Å². The first-order chi connectivity index (χ1) is 15.8. The Morgan fingerprint density at radius 2 is 1.82 bits per heavy atom. The predicted octanol–water partition coefficient (Wildman–Crippen LogP) is 3.18. The van der Waals surface area contributed by atoms with Gasteiger partial charge in [-0.2, -0.15) is 0 Å². The van der Waals surface area contributed by atoms with Gasteiger partial charge in [0.05, 0.1) is 26.0 Å². The molecule has 1 aliphatic heterocycles. The molecule has 0 spiro atoms. The highest BCUT2D eigenvalue weighted by atomic mass is 19.1. The summed E-state index contributed by atoms with van der Waals surface area (Å²) in [5.41, 5.74) is 1.08. The monoisotopic (exact) mass is 463 g/mol. The Hall–Kier alpha value is -4.02. The number of methoxy groups -OCH3 is 2. The average molecular weight is 463 g/mol. The van der Waals surface area contributed by atoms with Crippen molar-refractivity contribution in [2.75, 3.05) is 26.1 Å². The van der Waals surface area contributed by atoms with Crippen LogP contribution in [-0.4, -0.2) is 44.4 Å². The van der Waals surface area contributed by atoms with Gasteiger partial charge in [-0.3, -0.25) is 0 Å². The van der Waals surface area contributed by atoms with Crippen molar-refractivity contribution in [3.8, 4) is 17.2 Å². The molecule has 11 heteroatoms. The van der Waals surface area contributed by atoms with Gasteiger partial charge < -0.3 is 34.7 Å². The van der Waals surface area contributed by atoms with Crippen molar-refractivity contribution in [3.05, 3.63) is 59.0 Å². The first-order valence-corrected chi connectivity index (χ1v) is 9.75. The van der Waals surface area contributed by atoms with Crippen LogP contribution in [0.3, 0.4) is 0 Å². The van der Waals surface area contributed by atoms with E-state index in [1.54, 1.807) is 25.1 Å². The molecule has 1 aliphatic rings. The SMILES string of the molecule is COc1cc(OC)c(F)c(COC2=CNC(Nc3ccc(C)c(OCC(=O)O)c3)N=C2)c1F. The van der Waals surface area contributed by atoms with E-state index >= 15 is 0 Å². The van der Waals surface area contributed by atoms with Gasteiger partial charge in [0, 0.05) is 24.0 Å². The second-order valence-electron chi connectivity index (χ2n) is 6.88. The number of aliphatic carboxylic acids is 1. The Morgan fingerprint density at radius 3 is 2.39 bits per heavy atom. The molecule has 0 amide bonds. The fourth-order valence-corrected chi connectivity index (χ4v) is 2.91. The molecule has 0 aromatic heterocycles. The van der Waals surface area contributed by atoms with E-state index in [0.717, 1.165) is 11.6 Å². The summed E-state index contributed by atoms with van der Waals surface area (Å²) in [6.45, 7) is 0.937. The van der Waals surface area contributed by atoms with Gasteiger partial charge in [-0.05, 0) is 18.6 Å². The fraction of sp³-hybridized carbons (Fsp3) is 0.273. The maximum Gasteiger partial charge on any atom is 0.341 e. The summed E-state index contributed by atoms with van der Waals surface area (Å²) in [5.74, 6) is -2.47. The van der Waals surface area contributed by atoms with E-state index in [1.807, 2.05) is 0 Å². The first-order valence-electron chi connectivity index (χ1n) is 9.75. The molecule has 0 fully saturated rings. The molecule has 0 radical (unpaired) electrons. The highest BCUT2D eigenvalue weighted by Crippen LogP contribution is 2.32. The molecule has 0 aliphatic carbocycles. The van der Waals surface area contributed by atoms with E-state index in [4.69, 9.17) is 24.1 Å². The average Bonchev–Trinajstić information content (AvgIpc) is 2.80. The number of aliphatic imine (C=N–C) groups is 1. The lowest BCUT2D eigenvalue weighted by atomic mass is 10.1. The summed E-state index contributed by atoms with van der Waals surface area (Å²) in [6.07, 6.45) is 2.34. The van der Waals surface area contributed by atoms with Crippen molar-refractivity contribution >= 4 is 17.9 Å². The number of aryl methyl sites for hydroxylation is 1. The molecule has 2 aromatic carbocycles. The van der Waals surface area contributed by atoms with E-state index in [1.165, 1.54) is 26.6 Å². The number of nitrogens with zero attached hydrogens (tertiary/aromatic N) is 1. The minimum atomic E-state index is -1.07. The Bertz CT molecular complexity index is 1060. The molecular formula is C22H23F2N3O6. The van der Waals surface area contributed by atoms with Crippen molar-refractivity contribution in [2.24, 2.45) is 4.99 Å². The van der Waals surface area contributed by atoms with Crippen molar-refractivity contribution in [1.82, 2.24) is 5.32 Å². The lowest BCUT2D eigenvalue weighted by Gasteiger charge is -2.21. The molecule has 0 bridgehead atoms. The zero-order valence-corrected chi connectivity index (χ0v) is 18.1. The smallest absolute Gasteiger partial charge is 0.341 e. The quantitative estimate of drug-likeness (QED) is 0.493. The van der Waals surface area contributed by atoms with E-state index in [2.05, 4.69) is 15.6 Å². The lowest BCUT2D eigenvalue weighted by Crippen LogP contribution is -2.33. The number of anilines is 1. The Morgan fingerprint density at radius 1 is 1.12 bits per heavy atom. The zero-order valence-electron chi connectivity index (χ0n) is 18.1. The zero-order chi connectivity index (χ0) is 24.0. The fourth-order valence-electron chi connectivity index (χ4n) is 2.91. The van der Waals surface area contributed by atoms with Gasteiger partial charge in [0.2, 0.25) is 0 Å². The number of ether oxygens (including phenoxy) is 4. The van der Waals surface area contributed by atoms with E-state index in [-0.39, 0.29) is 22.8 Å². The normalized spacial score (nSPS) is 14.7. The highest BCUT2D eigenvalue weighted by Gasteiger charge is 2.21. The maximum absolute atomic E-state index is 14.4. The van der Waals surface area contributed by atoms with E-state index < -0.39 is 37.1 Å². The van der Waals surface area contributed by atoms with Crippen LogP contribution in [-0.2, 0) is 16.1 Å². The summed E-state index contributed by atoms with van der Waals surface area (Å²) in [4.78, 5) is 15.0. The van der Waals surface area contributed by atoms with Crippen LogP contribution in [0.5, 0.6) is 17.2 Å². The van der Waals surface area contributed by atoms with Gasteiger partial charge in [0.15, 0.2) is 41.8 Å². The van der Waals surface area contributed by atoms with Crippen LogP contribution < -0.4 is 24.8 Å². The van der Waals surface area contributed by atoms with Crippen LogP contribution >= 0.6 is 0 Å². The van der Waals surface area contributed by atoms with E-state index in [0.29, 0.717) is 11.4 Å². The summed E-state index contributed by atoms with van der Waals surface area (Å²) >= 11 is 0. The standard InChI is InChI=1S/C22H23F2N3O6/c1-12-4-5-13(6-16(12)33-11-19(28)29)27-22-25-8-14(9-26-22)32-10-15-20(23)17(30-2)7-18(31-3)21(15)24/h4-9,22,25,27H,10-11H2,1-3H3,(H,28,29). The Kier molecular flexibility index (Phi) is 7.54. The number of carboxylic acids is 1. The Labute approximate surface area is 188 Å². The number of carbonyl (C=O) groups is 1. The third-order valence-electron chi connectivity index (χ3n) is 4.62. The third-order valence-corrected chi connectivity index (χ3v) is 4.62. The summed E-state index contributed by atoms with van der Waals surface area (Å²) < 4.78 is 49.5. The largest absolute Gasteiger partial charge is 0.494 e. The second-order valence-corrected chi connectivity index (χ2v) is 6.88. The second kappa shape index (κ2) is 10.5. The van der Waals surface area contributed by atoms with Gasteiger partial charge in [0.25, 0.3) is 0 Å². The van der Waals surface area contributed by atoms with Crippen molar-refractivity contribution in [1.29, 1.82) is 0 Å². The van der Waals surface area contributed by atoms with Gasteiger partial charge in [-0.1, -0.05) is 6.07 Å². The van der Waals surface area contributed by atoms with Gasteiger partial charge in [-0.15, -0.1) is 0 Å². The van der Waals surface area contributed by atoms with Crippen molar-refractivity contribution < 1.29 is 37.6 Å². The summed E-state index contributed by atoms with van der Waals surface area (Å²) in [7, 11) is 2.53. The molecular weight excluding hydrogens is 440 g/mol. The van der Waals surface area contributed by atoms with Gasteiger partial charge >= 0.3 is 5.97 Å². The molecule has 176 valence electrons. The number of hydrogen-bond acceptors (Lipinski definition) is 8. The van der Waals surface area contributed by atoms with Crippen LogP contribution in [0.25, 0.3) is 0 Å². The molecule has 0 saturated heterocycles. The predicted molar refractivity (Wildman–Crippen MR) is 116 cm³/mol. The number of rotatable bonds is 10. The molecule has 9 nitrogen and oxygen atoms in total. The van der Waals surface area contributed by atoms with E-state index in [9.17, 15) is 13.6 Å². The number of halogens is 2. The minimum absolute atomic E-state index is 0.162. The summed E-state index contributed by atoms with van der Waals surface area (Å²) in [5, 5.41) is 14.8. The number of hydrogen-bond donors (Lipinski definition) is 3. The number of allylic oxidation sites excluding steroid dienone is 1. The van der Waals surface area contributed by atoms with Crippen molar-refractivity contribution in [2.45, 2.75) is 19.8 Å². The number of nitrogens with one attached hydrogen (secondary N) is 2. The number of benzene rings is 2. The van der Waals surface area contributed by atoms with Crippen LogP contribution in [0.15, 0.2) is 41.2 Å². The molecule has 2 aromatic rings. The van der Waals surface area contributed by atoms with Crippen LogP contribution in [0.2, 0.25) is 0 Å². The van der Waals surface area contributed by atoms with Gasteiger partial charge in [0.1, 0.15) is 12.4 Å². The topological polar surface area (TPSA) is 111 Å². The number of carboxylic acid groups (broad SMARTS) is 1. The first kappa shape index (κ1) is 23.6.